The summed E-state index contributed by atoms with van der Waals surface area (Å²) in [7, 11) is 0. The summed E-state index contributed by atoms with van der Waals surface area (Å²) in [6.07, 6.45) is 5.27. The van der Waals surface area contributed by atoms with Crippen molar-refractivity contribution < 1.29 is 9.53 Å². The Bertz CT molecular complexity index is 467. The normalized spacial score (nSPS) is 26.1. The Morgan fingerprint density at radius 1 is 1.50 bits per heavy atom. The molecule has 0 aliphatic carbocycles. The van der Waals surface area contributed by atoms with E-state index in [1.807, 2.05) is 24.9 Å². The van der Waals surface area contributed by atoms with Crippen LogP contribution in [0.15, 0.2) is 12.4 Å². The lowest BCUT2D eigenvalue weighted by molar-refractivity contribution is -0.147. The minimum absolute atomic E-state index is 0.120. The van der Waals surface area contributed by atoms with Crippen LogP contribution >= 0.6 is 0 Å². The number of amides is 1. The highest BCUT2D eigenvalue weighted by Crippen LogP contribution is 2.30. The Balaban J connectivity index is 1.68. The molecule has 0 N–H and O–H groups in total. The molecule has 3 heterocycles. The maximum Gasteiger partial charge on any atom is 0.252 e. The van der Waals surface area contributed by atoms with Crippen LogP contribution in [-0.4, -0.2) is 38.6 Å². The summed E-state index contributed by atoms with van der Waals surface area (Å²) in [5.74, 6) is 1.08. The van der Waals surface area contributed by atoms with Crippen molar-refractivity contribution in [3.8, 4) is 0 Å². The number of hydrogen-bond acceptors (Lipinski definition) is 3. The van der Waals surface area contributed by atoms with Gasteiger partial charge in [-0.3, -0.25) is 4.79 Å². The first-order valence-electron chi connectivity index (χ1n) is 6.52. The summed E-state index contributed by atoms with van der Waals surface area (Å²) < 4.78 is 7.92. The van der Waals surface area contributed by atoms with Crippen molar-refractivity contribution >= 4 is 5.91 Å². The van der Waals surface area contributed by atoms with E-state index >= 15 is 0 Å². The monoisotopic (exact) mass is 249 g/mol. The lowest BCUT2D eigenvalue weighted by Crippen LogP contribution is -2.44. The predicted molar refractivity (Wildman–Crippen MR) is 65.8 cm³/mol. The van der Waals surface area contributed by atoms with E-state index in [0.717, 1.165) is 31.8 Å². The number of rotatable bonds is 1. The third-order valence-corrected chi connectivity index (χ3v) is 3.80. The largest absolute Gasteiger partial charge is 0.363 e. The van der Waals surface area contributed by atoms with Crippen molar-refractivity contribution in [1.29, 1.82) is 0 Å². The number of carbonyl (C=O) groups is 1. The third-order valence-electron chi connectivity index (χ3n) is 3.80. The molecule has 3 rings (SSSR count). The number of imidazole rings is 1. The summed E-state index contributed by atoms with van der Waals surface area (Å²) in [5, 5.41) is 0. The molecule has 1 aromatic heterocycles. The van der Waals surface area contributed by atoms with Crippen LogP contribution in [0.4, 0.5) is 0 Å². The highest BCUT2D eigenvalue weighted by atomic mass is 16.5. The fourth-order valence-electron chi connectivity index (χ4n) is 2.72. The van der Waals surface area contributed by atoms with Gasteiger partial charge in [0.05, 0.1) is 12.1 Å². The Kier molecular flexibility index (Phi) is 2.66. The molecule has 1 unspecified atom stereocenters. The quantitative estimate of drug-likeness (QED) is 0.751. The maximum absolute atomic E-state index is 12.4. The van der Waals surface area contributed by atoms with Gasteiger partial charge in [-0.25, -0.2) is 4.98 Å². The average molecular weight is 249 g/mol. The van der Waals surface area contributed by atoms with E-state index in [1.54, 1.807) is 6.20 Å². The second-order valence-corrected chi connectivity index (χ2v) is 5.70. The molecular weight excluding hydrogens is 230 g/mol. The standard InChI is InChI=1S/C13H19N3O2/c1-13(2)4-3-10(18-13)12(17)16-8-7-15-6-5-14-11(15)9-16/h5-6,10H,3-4,7-9H2,1-2H3. The summed E-state index contributed by atoms with van der Waals surface area (Å²) in [6, 6.07) is 0. The molecule has 0 radical (unpaired) electrons. The van der Waals surface area contributed by atoms with Gasteiger partial charge in [0.15, 0.2) is 0 Å². The van der Waals surface area contributed by atoms with E-state index in [2.05, 4.69) is 9.55 Å². The van der Waals surface area contributed by atoms with Gasteiger partial charge in [0.25, 0.3) is 5.91 Å². The Morgan fingerprint density at radius 2 is 2.33 bits per heavy atom. The molecule has 1 amide bonds. The van der Waals surface area contributed by atoms with Crippen molar-refractivity contribution in [2.75, 3.05) is 6.54 Å². The minimum Gasteiger partial charge on any atom is -0.363 e. The molecule has 0 saturated carbocycles. The molecule has 2 aliphatic heterocycles. The number of ether oxygens (including phenoxy) is 1. The molecule has 1 atom stereocenters. The van der Waals surface area contributed by atoms with Crippen LogP contribution in [0.25, 0.3) is 0 Å². The van der Waals surface area contributed by atoms with Crippen LogP contribution in [0, 0.1) is 0 Å². The number of nitrogens with zero attached hydrogens (tertiary/aromatic N) is 3. The summed E-state index contributed by atoms with van der Waals surface area (Å²) >= 11 is 0. The zero-order chi connectivity index (χ0) is 12.8. The van der Waals surface area contributed by atoms with Gasteiger partial charge in [-0.1, -0.05) is 0 Å². The molecule has 98 valence electrons. The highest BCUT2D eigenvalue weighted by molar-refractivity contribution is 5.81. The molecule has 2 aliphatic rings. The minimum atomic E-state index is -0.262. The summed E-state index contributed by atoms with van der Waals surface area (Å²) in [4.78, 5) is 18.5. The lowest BCUT2D eigenvalue weighted by atomic mass is 10.1. The first-order valence-corrected chi connectivity index (χ1v) is 6.52. The number of hydrogen-bond donors (Lipinski definition) is 0. The number of fused-ring (bicyclic) bond motifs is 1. The highest BCUT2D eigenvalue weighted by Gasteiger charge is 2.38. The van der Waals surface area contributed by atoms with E-state index in [4.69, 9.17) is 4.74 Å². The molecule has 1 saturated heterocycles. The zero-order valence-electron chi connectivity index (χ0n) is 10.9. The molecule has 0 aromatic carbocycles. The third kappa shape index (κ3) is 2.03. The van der Waals surface area contributed by atoms with Crippen LogP contribution in [0.5, 0.6) is 0 Å². The van der Waals surface area contributed by atoms with Crippen molar-refractivity contribution in [3.05, 3.63) is 18.2 Å². The summed E-state index contributed by atoms with van der Waals surface area (Å²) in [6.45, 7) is 6.28. The van der Waals surface area contributed by atoms with Crippen LogP contribution in [-0.2, 0) is 22.6 Å². The van der Waals surface area contributed by atoms with Gasteiger partial charge in [-0.2, -0.15) is 0 Å². The number of carbonyl (C=O) groups excluding carboxylic acids is 1. The van der Waals surface area contributed by atoms with Crippen molar-refractivity contribution in [1.82, 2.24) is 14.5 Å². The second-order valence-electron chi connectivity index (χ2n) is 5.70. The maximum atomic E-state index is 12.4. The van der Waals surface area contributed by atoms with Crippen LogP contribution in [0.3, 0.4) is 0 Å². The molecule has 0 bridgehead atoms. The first-order chi connectivity index (χ1) is 8.55. The van der Waals surface area contributed by atoms with Gasteiger partial charge in [0.1, 0.15) is 11.9 Å². The van der Waals surface area contributed by atoms with E-state index in [-0.39, 0.29) is 17.6 Å². The van der Waals surface area contributed by atoms with Gasteiger partial charge in [-0.05, 0) is 26.7 Å². The molecule has 1 fully saturated rings. The van der Waals surface area contributed by atoms with Gasteiger partial charge >= 0.3 is 0 Å². The number of aromatic nitrogens is 2. The van der Waals surface area contributed by atoms with Gasteiger partial charge in [0.2, 0.25) is 0 Å². The van der Waals surface area contributed by atoms with Gasteiger partial charge in [-0.15, -0.1) is 0 Å². The predicted octanol–water partition coefficient (Wildman–Crippen LogP) is 1.18. The van der Waals surface area contributed by atoms with Crippen LogP contribution < -0.4 is 0 Å². The molecule has 5 heteroatoms. The van der Waals surface area contributed by atoms with Gasteiger partial charge < -0.3 is 14.2 Å². The topological polar surface area (TPSA) is 47.4 Å². The molecule has 18 heavy (non-hydrogen) atoms. The molecular formula is C13H19N3O2. The van der Waals surface area contributed by atoms with Crippen molar-refractivity contribution in [2.45, 2.75) is 51.5 Å². The molecule has 1 aromatic rings. The lowest BCUT2D eigenvalue weighted by Gasteiger charge is -2.30. The summed E-state index contributed by atoms with van der Waals surface area (Å²) in [5.41, 5.74) is -0.158. The first kappa shape index (κ1) is 11.7. The van der Waals surface area contributed by atoms with Crippen molar-refractivity contribution in [2.24, 2.45) is 0 Å². The van der Waals surface area contributed by atoms with E-state index in [0.29, 0.717) is 6.54 Å². The van der Waals surface area contributed by atoms with Gasteiger partial charge in [0, 0.05) is 25.5 Å². The molecule has 5 nitrogen and oxygen atoms in total. The fourth-order valence-corrected chi connectivity index (χ4v) is 2.72. The second kappa shape index (κ2) is 4.09. The van der Waals surface area contributed by atoms with Crippen LogP contribution in [0.1, 0.15) is 32.5 Å². The van der Waals surface area contributed by atoms with E-state index < -0.39 is 0 Å². The smallest absolute Gasteiger partial charge is 0.252 e. The van der Waals surface area contributed by atoms with E-state index in [1.165, 1.54) is 0 Å². The Labute approximate surface area is 107 Å². The molecule has 0 spiro atoms. The van der Waals surface area contributed by atoms with Crippen molar-refractivity contribution in [3.63, 3.8) is 0 Å². The fraction of sp³-hybridized carbons (Fsp3) is 0.692. The zero-order valence-corrected chi connectivity index (χ0v) is 10.9. The van der Waals surface area contributed by atoms with E-state index in [9.17, 15) is 4.79 Å². The average Bonchev–Trinajstić information content (AvgIpc) is 2.93. The Hall–Kier alpha value is -1.36. The van der Waals surface area contributed by atoms with Crippen LogP contribution in [0.2, 0.25) is 0 Å². The Morgan fingerprint density at radius 3 is 3.06 bits per heavy atom. The SMILES string of the molecule is CC1(C)CCC(C(=O)N2CCn3ccnc3C2)O1.